The summed E-state index contributed by atoms with van der Waals surface area (Å²) in [4.78, 5) is 12.4. The third-order valence-corrected chi connectivity index (χ3v) is 4.71. The first-order valence-electron chi connectivity index (χ1n) is 7.02. The van der Waals surface area contributed by atoms with Crippen LogP contribution in [0.1, 0.15) is 37.0 Å². The lowest BCUT2D eigenvalue weighted by molar-refractivity contribution is -0.0408. The van der Waals surface area contributed by atoms with Gasteiger partial charge in [0.1, 0.15) is 0 Å². The highest BCUT2D eigenvalue weighted by Crippen LogP contribution is 2.19. The summed E-state index contributed by atoms with van der Waals surface area (Å²) in [6, 6.07) is 6.08. The fourth-order valence-electron chi connectivity index (χ4n) is 2.65. The molecule has 1 saturated heterocycles. The van der Waals surface area contributed by atoms with Gasteiger partial charge in [0.05, 0.1) is 17.1 Å². The Hall–Kier alpha value is -1.40. The molecule has 1 amide bonds. The van der Waals surface area contributed by atoms with E-state index in [0.29, 0.717) is 5.56 Å². The minimum atomic E-state index is -3.24. The Labute approximate surface area is 125 Å². The summed E-state index contributed by atoms with van der Waals surface area (Å²) in [6.45, 7) is 3.99. The number of carbonyl (C=O) groups is 1. The van der Waals surface area contributed by atoms with Gasteiger partial charge >= 0.3 is 0 Å². The van der Waals surface area contributed by atoms with Crippen LogP contribution in [-0.4, -0.2) is 38.8 Å². The maximum atomic E-state index is 12.2. The molecule has 1 aromatic carbocycles. The second-order valence-corrected chi connectivity index (χ2v) is 7.71. The van der Waals surface area contributed by atoms with E-state index in [1.54, 1.807) is 0 Å². The standard InChI is InChI=1S/C15H21NO4S/c1-10-8-13(9-11(2)20-10)16-15(17)12-4-6-14(7-5-12)21(3,18)19/h4-7,10-11,13H,8-9H2,1-3H3,(H,16,17). The molecule has 1 aromatic rings. The molecule has 0 bridgehead atoms. The van der Waals surface area contributed by atoms with Crippen molar-refractivity contribution in [3.05, 3.63) is 29.8 Å². The van der Waals surface area contributed by atoms with Crippen molar-refractivity contribution in [1.82, 2.24) is 5.32 Å². The Morgan fingerprint density at radius 2 is 1.67 bits per heavy atom. The average molecular weight is 311 g/mol. The van der Waals surface area contributed by atoms with Crippen molar-refractivity contribution in [1.29, 1.82) is 0 Å². The molecule has 6 heteroatoms. The summed E-state index contributed by atoms with van der Waals surface area (Å²) in [6.07, 6.45) is 2.99. The quantitative estimate of drug-likeness (QED) is 0.923. The number of hydrogen-bond donors (Lipinski definition) is 1. The molecule has 21 heavy (non-hydrogen) atoms. The lowest BCUT2D eigenvalue weighted by Gasteiger charge is -2.32. The second-order valence-electron chi connectivity index (χ2n) is 5.70. The smallest absolute Gasteiger partial charge is 0.251 e. The average Bonchev–Trinajstić information content (AvgIpc) is 2.36. The molecule has 1 aliphatic heterocycles. The zero-order chi connectivity index (χ0) is 15.6. The van der Waals surface area contributed by atoms with Crippen LogP contribution in [0.3, 0.4) is 0 Å². The largest absolute Gasteiger partial charge is 0.375 e. The highest BCUT2D eigenvalue weighted by Gasteiger charge is 2.25. The minimum Gasteiger partial charge on any atom is -0.375 e. The molecule has 1 N–H and O–H groups in total. The number of nitrogens with one attached hydrogen (secondary N) is 1. The summed E-state index contributed by atoms with van der Waals surface area (Å²) in [5, 5.41) is 2.99. The zero-order valence-corrected chi connectivity index (χ0v) is 13.3. The van der Waals surface area contributed by atoms with Crippen LogP contribution in [0.4, 0.5) is 0 Å². The molecular weight excluding hydrogens is 290 g/mol. The van der Waals surface area contributed by atoms with Crippen molar-refractivity contribution in [2.75, 3.05) is 6.26 Å². The maximum Gasteiger partial charge on any atom is 0.251 e. The number of amides is 1. The van der Waals surface area contributed by atoms with Crippen molar-refractivity contribution < 1.29 is 17.9 Å². The number of ether oxygens (including phenoxy) is 1. The third-order valence-electron chi connectivity index (χ3n) is 3.58. The second kappa shape index (κ2) is 6.15. The summed E-state index contributed by atoms with van der Waals surface area (Å²) < 4.78 is 28.4. The molecule has 1 fully saturated rings. The molecule has 116 valence electrons. The Morgan fingerprint density at radius 3 is 2.14 bits per heavy atom. The van der Waals surface area contributed by atoms with Crippen molar-refractivity contribution in [3.63, 3.8) is 0 Å². The van der Waals surface area contributed by atoms with Crippen LogP contribution in [0.25, 0.3) is 0 Å². The van der Waals surface area contributed by atoms with Gasteiger partial charge in [0, 0.05) is 17.9 Å². The van der Waals surface area contributed by atoms with Crippen molar-refractivity contribution in [2.45, 2.75) is 49.8 Å². The molecule has 5 nitrogen and oxygen atoms in total. The maximum absolute atomic E-state index is 12.2. The van der Waals surface area contributed by atoms with Gasteiger partial charge in [-0.25, -0.2) is 8.42 Å². The van der Waals surface area contributed by atoms with E-state index in [1.807, 2.05) is 13.8 Å². The zero-order valence-electron chi connectivity index (χ0n) is 12.5. The van der Waals surface area contributed by atoms with Gasteiger partial charge in [0.2, 0.25) is 0 Å². The summed E-state index contributed by atoms with van der Waals surface area (Å²) in [5.41, 5.74) is 0.467. The van der Waals surface area contributed by atoms with Crippen LogP contribution in [0.5, 0.6) is 0 Å². The van der Waals surface area contributed by atoms with E-state index < -0.39 is 9.84 Å². The van der Waals surface area contributed by atoms with Gasteiger partial charge in [-0.05, 0) is 51.0 Å². The van der Waals surface area contributed by atoms with Crippen LogP contribution < -0.4 is 5.32 Å². The van der Waals surface area contributed by atoms with Gasteiger partial charge in [-0.3, -0.25) is 4.79 Å². The van der Waals surface area contributed by atoms with Crippen molar-refractivity contribution in [3.8, 4) is 0 Å². The number of rotatable bonds is 3. The third kappa shape index (κ3) is 4.28. The SMILES string of the molecule is CC1CC(NC(=O)c2ccc(S(C)(=O)=O)cc2)CC(C)O1. The molecule has 1 aliphatic rings. The Kier molecular flexibility index (Phi) is 4.68. The lowest BCUT2D eigenvalue weighted by atomic mass is 9.99. The van der Waals surface area contributed by atoms with E-state index in [-0.39, 0.29) is 29.1 Å². The molecule has 2 unspecified atom stereocenters. The van der Waals surface area contributed by atoms with Gasteiger partial charge < -0.3 is 10.1 Å². The lowest BCUT2D eigenvalue weighted by Crippen LogP contribution is -2.43. The normalized spacial score (nSPS) is 26.3. The minimum absolute atomic E-state index is 0.0887. The predicted molar refractivity (Wildman–Crippen MR) is 80.0 cm³/mol. The van der Waals surface area contributed by atoms with E-state index in [2.05, 4.69) is 5.32 Å². The highest BCUT2D eigenvalue weighted by molar-refractivity contribution is 7.90. The van der Waals surface area contributed by atoms with E-state index in [0.717, 1.165) is 19.1 Å². The monoisotopic (exact) mass is 311 g/mol. The fourth-order valence-corrected chi connectivity index (χ4v) is 3.28. The van der Waals surface area contributed by atoms with E-state index >= 15 is 0 Å². The molecule has 2 rings (SSSR count). The van der Waals surface area contributed by atoms with Gasteiger partial charge in [0.25, 0.3) is 5.91 Å². The number of hydrogen-bond acceptors (Lipinski definition) is 4. The Bertz CT molecular complexity index is 599. The molecule has 1 heterocycles. The van der Waals surface area contributed by atoms with Crippen LogP contribution >= 0.6 is 0 Å². The number of carbonyl (C=O) groups excluding carboxylic acids is 1. The summed E-state index contributed by atoms with van der Waals surface area (Å²) >= 11 is 0. The molecule has 0 radical (unpaired) electrons. The predicted octanol–water partition coefficient (Wildman–Crippen LogP) is 1.78. The first kappa shape index (κ1) is 16.0. The van der Waals surface area contributed by atoms with Gasteiger partial charge in [-0.15, -0.1) is 0 Å². The first-order valence-corrected chi connectivity index (χ1v) is 8.91. The highest BCUT2D eigenvalue weighted by atomic mass is 32.2. The molecule has 0 aromatic heterocycles. The van der Waals surface area contributed by atoms with Crippen molar-refractivity contribution in [2.24, 2.45) is 0 Å². The van der Waals surface area contributed by atoms with Gasteiger partial charge in [0.15, 0.2) is 9.84 Å². The van der Waals surface area contributed by atoms with Crippen LogP contribution in [0, 0.1) is 0 Å². The molecular formula is C15H21NO4S. The van der Waals surface area contributed by atoms with Gasteiger partial charge in [-0.1, -0.05) is 0 Å². The van der Waals surface area contributed by atoms with Crippen LogP contribution in [-0.2, 0) is 14.6 Å². The van der Waals surface area contributed by atoms with E-state index in [1.165, 1.54) is 24.3 Å². The number of sulfone groups is 1. The Balaban J connectivity index is 2.03. The summed E-state index contributed by atoms with van der Waals surface area (Å²) in [5.74, 6) is -0.179. The van der Waals surface area contributed by atoms with Crippen LogP contribution in [0.2, 0.25) is 0 Å². The van der Waals surface area contributed by atoms with Gasteiger partial charge in [-0.2, -0.15) is 0 Å². The number of benzene rings is 1. The Morgan fingerprint density at radius 1 is 1.14 bits per heavy atom. The van der Waals surface area contributed by atoms with E-state index in [9.17, 15) is 13.2 Å². The molecule has 0 spiro atoms. The van der Waals surface area contributed by atoms with Crippen LogP contribution in [0.15, 0.2) is 29.2 Å². The molecule has 0 saturated carbocycles. The van der Waals surface area contributed by atoms with Crippen molar-refractivity contribution >= 4 is 15.7 Å². The van der Waals surface area contributed by atoms with E-state index in [4.69, 9.17) is 4.74 Å². The summed E-state index contributed by atoms with van der Waals surface area (Å²) in [7, 11) is -3.24. The first-order chi connectivity index (χ1) is 9.75. The molecule has 0 aliphatic carbocycles. The fraction of sp³-hybridized carbons (Fsp3) is 0.533. The molecule has 2 atom stereocenters. The topological polar surface area (TPSA) is 72.5 Å².